The molecule has 4 heterocycles. The number of hydrogen-bond donors (Lipinski definition) is 1. The standard InChI is InChI=1S/C17H24N4O/c1-3-9-18-13(6-1)12-21-16-14(7-5-10-19-16)20-17(21)15-8-2-4-11-22-15/h5,7,10,13,15,18H,1-4,6,8-9,11-12H2. The number of hydrogen-bond acceptors (Lipinski definition) is 4. The second kappa shape index (κ2) is 6.34. The Morgan fingerprint density at radius 3 is 3.00 bits per heavy atom. The molecule has 2 fully saturated rings. The van der Waals surface area contributed by atoms with E-state index < -0.39 is 0 Å². The van der Waals surface area contributed by atoms with E-state index in [-0.39, 0.29) is 6.10 Å². The van der Waals surface area contributed by atoms with E-state index >= 15 is 0 Å². The summed E-state index contributed by atoms with van der Waals surface area (Å²) in [4.78, 5) is 9.43. The van der Waals surface area contributed by atoms with Gasteiger partial charge in [-0.15, -0.1) is 0 Å². The van der Waals surface area contributed by atoms with E-state index in [2.05, 4.69) is 20.9 Å². The zero-order chi connectivity index (χ0) is 14.8. The molecule has 0 bridgehead atoms. The first-order chi connectivity index (χ1) is 10.9. The van der Waals surface area contributed by atoms with Crippen LogP contribution in [0.1, 0.15) is 50.5 Å². The molecule has 2 atom stereocenters. The van der Waals surface area contributed by atoms with Crippen LogP contribution in [0.3, 0.4) is 0 Å². The molecule has 0 aromatic carbocycles. The molecule has 0 amide bonds. The summed E-state index contributed by atoms with van der Waals surface area (Å²) in [6.45, 7) is 2.92. The highest BCUT2D eigenvalue weighted by atomic mass is 16.5. The number of nitrogens with one attached hydrogen (secondary N) is 1. The van der Waals surface area contributed by atoms with Gasteiger partial charge in [0.25, 0.3) is 0 Å². The molecular weight excluding hydrogens is 276 g/mol. The lowest BCUT2D eigenvalue weighted by atomic mass is 10.0. The first-order valence-electron chi connectivity index (χ1n) is 8.58. The van der Waals surface area contributed by atoms with Crippen molar-refractivity contribution in [3.63, 3.8) is 0 Å². The summed E-state index contributed by atoms with van der Waals surface area (Å²) in [5.74, 6) is 1.07. The summed E-state index contributed by atoms with van der Waals surface area (Å²) in [5.41, 5.74) is 1.99. The minimum Gasteiger partial charge on any atom is -0.370 e. The van der Waals surface area contributed by atoms with Crippen molar-refractivity contribution in [2.45, 2.75) is 57.2 Å². The number of nitrogens with zero attached hydrogens (tertiary/aromatic N) is 3. The van der Waals surface area contributed by atoms with Gasteiger partial charge in [0.2, 0.25) is 0 Å². The Morgan fingerprint density at radius 1 is 1.23 bits per heavy atom. The number of pyridine rings is 1. The van der Waals surface area contributed by atoms with Gasteiger partial charge in [-0.1, -0.05) is 6.42 Å². The van der Waals surface area contributed by atoms with Crippen molar-refractivity contribution >= 4 is 11.2 Å². The molecule has 0 saturated carbocycles. The quantitative estimate of drug-likeness (QED) is 0.947. The maximum atomic E-state index is 5.99. The van der Waals surface area contributed by atoms with Gasteiger partial charge < -0.3 is 14.6 Å². The van der Waals surface area contributed by atoms with Crippen molar-refractivity contribution in [1.82, 2.24) is 19.9 Å². The molecule has 4 rings (SSSR count). The second-order valence-electron chi connectivity index (χ2n) is 6.43. The van der Waals surface area contributed by atoms with Gasteiger partial charge in [-0.2, -0.15) is 0 Å². The van der Waals surface area contributed by atoms with Crippen molar-refractivity contribution in [3.05, 3.63) is 24.2 Å². The Morgan fingerprint density at radius 2 is 2.18 bits per heavy atom. The van der Waals surface area contributed by atoms with Crippen LogP contribution < -0.4 is 5.32 Å². The van der Waals surface area contributed by atoms with Crippen molar-refractivity contribution in [2.75, 3.05) is 13.2 Å². The van der Waals surface area contributed by atoms with Crippen LogP contribution in [0, 0.1) is 0 Å². The van der Waals surface area contributed by atoms with E-state index in [9.17, 15) is 0 Å². The highest BCUT2D eigenvalue weighted by molar-refractivity contribution is 5.71. The Bertz CT molecular complexity index is 627. The molecule has 0 aliphatic carbocycles. The largest absolute Gasteiger partial charge is 0.370 e. The summed E-state index contributed by atoms with van der Waals surface area (Å²) >= 11 is 0. The van der Waals surface area contributed by atoms with Gasteiger partial charge in [-0.05, 0) is 50.8 Å². The lowest BCUT2D eigenvalue weighted by Crippen LogP contribution is -2.38. The van der Waals surface area contributed by atoms with Crippen LogP contribution >= 0.6 is 0 Å². The molecular formula is C17H24N4O. The van der Waals surface area contributed by atoms with Gasteiger partial charge in [0.05, 0.1) is 0 Å². The average Bonchev–Trinajstić information content (AvgIpc) is 2.95. The van der Waals surface area contributed by atoms with E-state index in [1.54, 1.807) is 0 Å². The average molecular weight is 300 g/mol. The zero-order valence-corrected chi connectivity index (χ0v) is 13.0. The van der Waals surface area contributed by atoms with Crippen LogP contribution in [0.4, 0.5) is 0 Å². The third-order valence-electron chi connectivity index (χ3n) is 4.82. The Balaban J connectivity index is 1.69. The Hall–Kier alpha value is -1.46. The van der Waals surface area contributed by atoms with Crippen molar-refractivity contribution in [3.8, 4) is 0 Å². The number of aromatic nitrogens is 3. The van der Waals surface area contributed by atoms with E-state index in [1.807, 2.05) is 12.3 Å². The Labute approximate surface area is 131 Å². The van der Waals surface area contributed by atoms with Crippen LogP contribution in [0.2, 0.25) is 0 Å². The molecule has 2 aliphatic rings. The molecule has 5 heteroatoms. The third-order valence-corrected chi connectivity index (χ3v) is 4.82. The van der Waals surface area contributed by atoms with E-state index in [1.165, 1.54) is 32.1 Å². The third kappa shape index (κ3) is 2.75. The molecule has 5 nitrogen and oxygen atoms in total. The first-order valence-corrected chi connectivity index (χ1v) is 8.58. The molecule has 2 unspecified atom stereocenters. The predicted molar refractivity (Wildman–Crippen MR) is 85.7 cm³/mol. The van der Waals surface area contributed by atoms with Crippen LogP contribution in [-0.4, -0.2) is 33.7 Å². The van der Waals surface area contributed by atoms with Crippen LogP contribution in [0.15, 0.2) is 18.3 Å². The number of rotatable bonds is 3. The molecule has 118 valence electrons. The summed E-state index contributed by atoms with van der Waals surface area (Å²) in [5, 5.41) is 3.64. The van der Waals surface area contributed by atoms with E-state index in [0.29, 0.717) is 6.04 Å². The minimum atomic E-state index is 0.131. The number of fused-ring (bicyclic) bond motifs is 1. The van der Waals surface area contributed by atoms with Gasteiger partial charge in [0.1, 0.15) is 17.4 Å². The van der Waals surface area contributed by atoms with Crippen LogP contribution in [0.5, 0.6) is 0 Å². The maximum absolute atomic E-state index is 5.99. The van der Waals surface area contributed by atoms with Gasteiger partial charge in [0.15, 0.2) is 5.65 Å². The predicted octanol–water partition coefficient (Wildman–Crippen LogP) is 2.82. The summed E-state index contributed by atoms with van der Waals surface area (Å²) in [6, 6.07) is 4.54. The first kappa shape index (κ1) is 14.2. The molecule has 2 saturated heterocycles. The molecule has 2 aromatic heterocycles. The lowest BCUT2D eigenvalue weighted by Gasteiger charge is -2.27. The molecule has 2 aliphatic heterocycles. The Kier molecular flexibility index (Phi) is 4.08. The second-order valence-corrected chi connectivity index (χ2v) is 6.43. The fourth-order valence-electron chi connectivity index (χ4n) is 3.65. The van der Waals surface area contributed by atoms with Gasteiger partial charge in [-0.25, -0.2) is 9.97 Å². The fraction of sp³-hybridized carbons (Fsp3) is 0.647. The van der Waals surface area contributed by atoms with Gasteiger partial charge >= 0.3 is 0 Å². The molecule has 1 N–H and O–H groups in total. The number of ether oxygens (including phenoxy) is 1. The van der Waals surface area contributed by atoms with Gasteiger partial charge in [0, 0.05) is 25.4 Å². The number of piperidine rings is 1. The zero-order valence-electron chi connectivity index (χ0n) is 13.0. The monoisotopic (exact) mass is 300 g/mol. The molecule has 22 heavy (non-hydrogen) atoms. The minimum absolute atomic E-state index is 0.131. The summed E-state index contributed by atoms with van der Waals surface area (Å²) in [6.07, 6.45) is 9.29. The van der Waals surface area contributed by atoms with Crippen molar-refractivity contribution in [2.24, 2.45) is 0 Å². The smallest absolute Gasteiger partial charge is 0.160 e. The number of imidazole rings is 1. The molecule has 2 aromatic rings. The molecule has 0 radical (unpaired) electrons. The van der Waals surface area contributed by atoms with E-state index in [4.69, 9.17) is 9.72 Å². The topological polar surface area (TPSA) is 52.0 Å². The van der Waals surface area contributed by atoms with Crippen LogP contribution in [0.25, 0.3) is 11.2 Å². The normalized spacial score (nSPS) is 26.4. The summed E-state index contributed by atoms with van der Waals surface area (Å²) < 4.78 is 8.29. The SMILES string of the molecule is c1cnc2c(c1)nc(C1CCCCO1)n2CC1CCCCN1. The highest BCUT2D eigenvalue weighted by Crippen LogP contribution is 2.30. The van der Waals surface area contributed by atoms with Crippen molar-refractivity contribution < 1.29 is 4.74 Å². The fourth-order valence-corrected chi connectivity index (χ4v) is 3.65. The van der Waals surface area contributed by atoms with Crippen LogP contribution in [-0.2, 0) is 11.3 Å². The van der Waals surface area contributed by atoms with E-state index in [0.717, 1.165) is 43.1 Å². The van der Waals surface area contributed by atoms with Gasteiger partial charge in [-0.3, -0.25) is 0 Å². The van der Waals surface area contributed by atoms with Crippen molar-refractivity contribution in [1.29, 1.82) is 0 Å². The lowest BCUT2D eigenvalue weighted by molar-refractivity contribution is 0.00730. The molecule has 0 spiro atoms. The summed E-state index contributed by atoms with van der Waals surface area (Å²) in [7, 11) is 0. The maximum Gasteiger partial charge on any atom is 0.160 e. The highest BCUT2D eigenvalue weighted by Gasteiger charge is 2.25.